The summed E-state index contributed by atoms with van der Waals surface area (Å²) in [4.78, 5) is 5.96. The van der Waals surface area contributed by atoms with Crippen LogP contribution in [0.5, 0.6) is 0 Å². The van der Waals surface area contributed by atoms with Crippen molar-refractivity contribution in [3.05, 3.63) is 0 Å². The van der Waals surface area contributed by atoms with Crippen molar-refractivity contribution in [2.24, 2.45) is 4.99 Å². The van der Waals surface area contributed by atoms with Crippen LogP contribution in [0.25, 0.3) is 0 Å². The van der Waals surface area contributed by atoms with Crippen molar-refractivity contribution in [1.82, 2.24) is 15.5 Å². The third-order valence-electron chi connectivity index (χ3n) is 4.59. The van der Waals surface area contributed by atoms with Crippen LogP contribution in [-0.4, -0.2) is 68.5 Å². The smallest absolute Gasteiger partial charge is 0.378 e. The van der Waals surface area contributed by atoms with Gasteiger partial charge in [-0.2, -0.15) is 13.2 Å². The molecule has 1 heterocycles. The lowest BCUT2D eigenvalue weighted by Gasteiger charge is -2.19. The Balaban J connectivity index is 0.00000338. The van der Waals surface area contributed by atoms with Crippen LogP contribution in [0.4, 0.5) is 13.2 Å². The minimum absolute atomic E-state index is 0. The van der Waals surface area contributed by atoms with Crippen molar-refractivity contribution < 1.29 is 17.9 Å². The fourth-order valence-electron chi connectivity index (χ4n) is 3.42. The van der Waals surface area contributed by atoms with Gasteiger partial charge in [0.2, 0.25) is 0 Å². The van der Waals surface area contributed by atoms with Gasteiger partial charge in [-0.15, -0.1) is 24.0 Å². The van der Waals surface area contributed by atoms with Crippen LogP contribution < -0.4 is 10.6 Å². The highest BCUT2D eigenvalue weighted by Gasteiger charge is 2.34. The van der Waals surface area contributed by atoms with Crippen molar-refractivity contribution in [2.45, 2.75) is 63.8 Å². The molecule has 0 spiro atoms. The summed E-state index contributed by atoms with van der Waals surface area (Å²) in [5.41, 5.74) is 0. The van der Waals surface area contributed by atoms with E-state index in [1.807, 2.05) is 6.92 Å². The van der Waals surface area contributed by atoms with Crippen LogP contribution in [0.2, 0.25) is 0 Å². The Kier molecular flexibility index (Phi) is 11.2. The first-order chi connectivity index (χ1) is 12.0. The summed E-state index contributed by atoms with van der Waals surface area (Å²) in [6.45, 7) is 4.10. The third-order valence-corrected chi connectivity index (χ3v) is 4.59. The molecule has 2 aliphatic rings. The van der Waals surface area contributed by atoms with Gasteiger partial charge in [-0.05, 0) is 32.6 Å². The summed E-state index contributed by atoms with van der Waals surface area (Å²) in [6.07, 6.45) is 2.73. The van der Waals surface area contributed by atoms with E-state index in [-0.39, 0.29) is 30.0 Å². The molecule has 1 saturated heterocycles. The minimum Gasteiger partial charge on any atom is -0.378 e. The number of alkyl halides is 3. The Morgan fingerprint density at radius 1 is 1.23 bits per heavy atom. The molecule has 0 bridgehead atoms. The molecule has 2 N–H and O–H groups in total. The van der Waals surface area contributed by atoms with Gasteiger partial charge in [0.15, 0.2) is 5.96 Å². The number of ether oxygens (including phenoxy) is 1. The van der Waals surface area contributed by atoms with Crippen molar-refractivity contribution in [3.8, 4) is 0 Å². The van der Waals surface area contributed by atoms with Gasteiger partial charge < -0.3 is 15.4 Å². The Morgan fingerprint density at radius 2 is 1.96 bits per heavy atom. The molecule has 0 amide bonds. The topological polar surface area (TPSA) is 48.9 Å². The molecule has 1 aliphatic carbocycles. The standard InChI is InChI=1S/C17H31F3N4O.HI/c1-2-21-16(22-9-5-11-25-15-6-3-4-7-15)23-14-8-10-24(12-14)13-17(18,19)20;/h14-15H,2-13H2,1H3,(H2,21,22,23);1H. The number of hydrogen-bond acceptors (Lipinski definition) is 3. The third kappa shape index (κ3) is 9.59. The molecule has 0 aromatic carbocycles. The Hall–Kier alpha value is -0.290. The van der Waals surface area contributed by atoms with Crippen LogP contribution in [-0.2, 0) is 4.74 Å². The van der Waals surface area contributed by atoms with Gasteiger partial charge in [-0.1, -0.05) is 12.8 Å². The highest BCUT2D eigenvalue weighted by atomic mass is 127. The zero-order valence-electron chi connectivity index (χ0n) is 15.5. The Bertz CT molecular complexity index is 417. The molecule has 1 aliphatic heterocycles. The number of rotatable bonds is 8. The Morgan fingerprint density at radius 3 is 2.62 bits per heavy atom. The summed E-state index contributed by atoms with van der Waals surface area (Å²) >= 11 is 0. The summed E-state index contributed by atoms with van der Waals surface area (Å²) in [6, 6.07) is 0.00916. The molecular formula is C17H32F3IN4O. The fraction of sp³-hybridized carbons (Fsp3) is 0.941. The van der Waals surface area contributed by atoms with E-state index >= 15 is 0 Å². The fourth-order valence-corrected chi connectivity index (χ4v) is 3.42. The summed E-state index contributed by atoms with van der Waals surface area (Å²) in [7, 11) is 0. The largest absolute Gasteiger partial charge is 0.401 e. The highest BCUT2D eigenvalue weighted by Crippen LogP contribution is 2.21. The summed E-state index contributed by atoms with van der Waals surface area (Å²) < 4.78 is 43.2. The molecule has 1 unspecified atom stereocenters. The molecule has 9 heteroatoms. The molecule has 0 radical (unpaired) electrons. The maximum absolute atomic E-state index is 12.5. The zero-order valence-corrected chi connectivity index (χ0v) is 17.8. The van der Waals surface area contributed by atoms with Crippen LogP contribution in [0.1, 0.15) is 45.4 Å². The van der Waals surface area contributed by atoms with E-state index < -0.39 is 12.7 Å². The van der Waals surface area contributed by atoms with E-state index in [4.69, 9.17) is 4.74 Å². The predicted molar refractivity (Wildman–Crippen MR) is 108 cm³/mol. The van der Waals surface area contributed by atoms with E-state index in [0.29, 0.717) is 38.1 Å². The maximum atomic E-state index is 12.5. The molecule has 154 valence electrons. The van der Waals surface area contributed by atoms with Gasteiger partial charge in [0.25, 0.3) is 0 Å². The van der Waals surface area contributed by atoms with Crippen molar-refractivity contribution >= 4 is 29.9 Å². The highest BCUT2D eigenvalue weighted by molar-refractivity contribution is 14.0. The van der Waals surface area contributed by atoms with E-state index in [1.54, 1.807) is 0 Å². The number of guanidine groups is 1. The van der Waals surface area contributed by atoms with Gasteiger partial charge in [0, 0.05) is 38.8 Å². The molecule has 0 aromatic rings. The molecule has 1 atom stereocenters. The van der Waals surface area contributed by atoms with Gasteiger partial charge in [0.05, 0.1) is 12.6 Å². The average molecular weight is 492 g/mol. The zero-order chi connectivity index (χ0) is 18.1. The van der Waals surface area contributed by atoms with E-state index in [1.165, 1.54) is 30.6 Å². The van der Waals surface area contributed by atoms with Crippen LogP contribution in [0, 0.1) is 0 Å². The average Bonchev–Trinajstić information content (AvgIpc) is 3.17. The molecule has 2 fully saturated rings. The summed E-state index contributed by atoms with van der Waals surface area (Å²) in [5, 5.41) is 6.42. The van der Waals surface area contributed by atoms with Gasteiger partial charge in [0.1, 0.15) is 0 Å². The molecule has 5 nitrogen and oxygen atoms in total. The van der Waals surface area contributed by atoms with Gasteiger partial charge >= 0.3 is 6.18 Å². The molecule has 0 aromatic heterocycles. The van der Waals surface area contributed by atoms with Gasteiger partial charge in [-0.25, -0.2) is 0 Å². The summed E-state index contributed by atoms with van der Waals surface area (Å²) in [5.74, 6) is 0.683. The number of halogens is 4. The quantitative estimate of drug-likeness (QED) is 0.237. The first-order valence-electron chi connectivity index (χ1n) is 9.42. The Labute approximate surface area is 171 Å². The number of nitrogens with zero attached hydrogens (tertiary/aromatic N) is 2. The normalized spacial score (nSPS) is 22.5. The lowest BCUT2D eigenvalue weighted by molar-refractivity contribution is -0.143. The molecule has 1 saturated carbocycles. The number of likely N-dealkylation sites (tertiary alicyclic amines) is 1. The molecule has 26 heavy (non-hydrogen) atoms. The van der Waals surface area contributed by atoms with Crippen molar-refractivity contribution in [1.29, 1.82) is 0 Å². The van der Waals surface area contributed by atoms with Crippen LogP contribution in [0.15, 0.2) is 4.99 Å². The first-order valence-corrected chi connectivity index (χ1v) is 9.42. The lowest BCUT2D eigenvalue weighted by Crippen LogP contribution is -2.45. The van der Waals surface area contributed by atoms with E-state index in [9.17, 15) is 13.2 Å². The lowest BCUT2D eigenvalue weighted by atomic mass is 10.3. The van der Waals surface area contributed by atoms with E-state index in [2.05, 4.69) is 15.6 Å². The monoisotopic (exact) mass is 492 g/mol. The first kappa shape index (κ1) is 23.7. The predicted octanol–water partition coefficient (Wildman–Crippen LogP) is 3.15. The second-order valence-electron chi connectivity index (χ2n) is 6.87. The SMILES string of the molecule is CCNC(=NCCCOC1CCCC1)NC1CCN(CC(F)(F)F)C1.I. The number of hydrogen-bond donors (Lipinski definition) is 2. The number of nitrogens with one attached hydrogen (secondary N) is 2. The van der Waals surface area contributed by atoms with Crippen LogP contribution in [0.3, 0.4) is 0 Å². The second-order valence-corrected chi connectivity index (χ2v) is 6.87. The van der Waals surface area contributed by atoms with Crippen molar-refractivity contribution in [2.75, 3.05) is 39.3 Å². The van der Waals surface area contributed by atoms with Crippen LogP contribution >= 0.6 is 24.0 Å². The second kappa shape index (κ2) is 12.2. The molecule has 2 rings (SSSR count). The van der Waals surface area contributed by atoms with Crippen molar-refractivity contribution in [3.63, 3.8) is 0 Å². The van der Waals surface area contributed by atoms with E-state index in [0.717, 1.165) is 19.6 Å². The number of aliphatic imine (C=N–C) groups is 1. The maximum Gasteiger partial charge on any atom is 0.401 e. The molecular weight excluding hydrogens is 460 g/mol. The van der Waals surface area contributed by atoms with Gasteiger partial charge in [-0.3, -0.25) is 9.89 Å². The minimum atomic E-state index is -4.13.